The highest BCUT2D eigenvalue weighted by molar-refractivity contribution is 5.76. The zero-order valence-corrected chi connectivity index (χ0v) is 49.9. The molecule has 12 atom stereocenters. The Hall–Kier alpha value is -1.27. The maximum atomic E-state index is 13.1. The van der Waals surface area contributed by atoms with Crippen LogP contribution < -0.4 is 5.32 Å². The first kappa shape index (κ1) is 72.8. The van der Waals surface area contributed by atoms with Gasteiger partial charge in [0.05, 0.1) is 32.0 Å². The number of amides is 1. The lowest BCUT2D eigenvalue weighted by atomic mass is 9.97. The molecule has 9 N–H and O–H groups in total. The Bertz CT molecular complexity index is 1360. The number of allylic oxidation sites excluding steroid dienone is 2. The molecule has 1 amide bonds. The molecule has 2 aliphatic rings. The van der Waals surface area contributed by atoms with Gasteiger partial charge in [-0.1, -0.05) is 264 Å². The van der Waals surface area contributed by atoms with Gasteiger partial charge in [0.25, 0.3) is 0 Å². The maximum Gasteiger partial charge on any atom is 0.220 e. The Labute approximate surface area is 476 Å². The first-order valence-electron chi connectivity index (χ1n) is 32.9. The molecule has 0 spiro atoms. The largest absolute Gasteiger partial charge is 0.394 e. The topological polar surface area (TPSA) is 228 Å². The number of unbranched alkanes of at least 4 members (excludes halogenated alkanes) is 39. The minimum Gasteiger partial charge on any atom is -0.394 e. The minimum atomic E-state index is -1.78. The van der Waals surface area contributed by atoms with Gasteiger partial charge in [0.1, 0.15) is 48.8 Å². The molecule has 0 bridgehead atoms. The summed E-state index contributed by atoms with van der Waals surface area (Å²) in [5.41, 5.74) is 0. The van der Waals surface area contributed by atoms with Crippen LogP contribution in [0.5, 0.6) is 0 Å². The van der Waals surface area contributed by atoms with Crippen LogP contribution in [0.3, 0.4) is 0 Å². The van der Waals surface area contributed by atoms with Gasteiger partial charge in [0.15, 0.2) is 12.6 Å². The fourth-order valence-corrected chi connectivity index (χ4v) is 11.2. The molecule has 0 aromatic heterocycles. The SMILES string of the molecule is CCCCCCCCCC/C=C\CCCCCCCCCCCCCCCCCCCCCCCCCCCCCCCC(=O)NC(COC1OC(CO)C(OC2OC(CO)C(O)C(O)C2O)C(O)C1O)C(O)CCCCC. The highest BCUT2D eigenvalue weighted by Crippen LogP contribution is 2.30. The van der Waals surface area contributed by atoms with E-state index in [9.17, 15) is 45.6 Å². The number of aliphatic hydroxyl groups is 8. The summed E-state index contributed by atoms with van der Waals surface area (Å²) >= 11 is 0. The lowest BCUT2D eigenvalue weighted by Crippen LogP contribution is -2.65. The molecule has 0 aliphatic carbocycles. The predicted molar refractivity (Wildman–Crippen MR) is 314 cm³/mol. The first-order valence-corrected chi connectivity index (χ1v) is 32.9. The zero-order valence-electron chi connectivity index (χ0n) is 49.9. The van der Waals surface area contributed by atoms with Crippen LogP contribution in [-0.4, -0.2) is 140 Å². The van der Waals surface area contributed by atoms with Crippen LogP contribution in [0.4, 0.5) is 0 Å². The Morgan fingerprint density at radius 1 is 0.449 bits per heavy atom. The summed E-state index contributed by atoms with van der Waals surface area (Å²) in [5, 5.41) is 86.3. The fraction of sp³-hybridized carbons (Fsp3) is 0.953. The summed E-state index contributed by atoms with van der Waals surface area (Å²) in [7, 11) is 0. The van der Waals surface area contributed by atoms with E-state index >= 15 is 0 Å². The van der Waals surface area contributed by atoms with Crippen LogP contribution in [-0.2, 0) is 23.7 Å². The molecule has 2 rings (SSSR count). The monoisotopic (exact) mass is 1110 g/mol. The van der Waals surface area contributed by atoms with Crippen LogP contribution >= 0.6 is 0 Å². The van der Waals surface area contributed by atoms with Crippen LogP contribution in [0.25, 0.3) is 0 Å². The number of hydrogen-bond donors (Lipinski definition) is 9. The summed E-state index contributed by atoms with van der Waals surface area (Å²) < 4.78 is 22.6. The summed E-state index contributed by atoms with van der Waals surface area (Å²) in [5.74, 6) is -0.213. The van der Waals surface area contributed by atoms with Gasteiger partial charge in [-0.25, -0.2) is 0 Å². The molecule has 14 nitrogen and oxygen atoms in total. The number of ether oxygens (including phenoxy) is 4. The summed E-state index contributed by atoms with van der Waals surface area (Å²) in [6.07, 6.45) is 44.1. The van der Waals surface area contributed by atoms with Gasteiger partial charge in [-0.2, -0.15) is 0 Å². The molecule has 0 aromatic rings. The van der Waals surface area contributed by atoms with Crippen molar-refractivity contribution in [1.82, 2.24) is 5.32 Å². The number of nitrogens with one attached hydrogen (secondary N) is 1. The standard InChI is InChI=1S/C64H123NO13/c1-3-5-7-8-9-10-11-12-13-14-15-16-17-18-19-20-21-22-23-24-25-26-27-28-29-30-31-32-33-34-35-36-37-38-39-40-41-42-43-44-46-48-56(69)65-52(53(68)47-45-6-4-2)51-75-63-61(74)59(72)62(55(50-67)77-63)78-64-60(73)58(71)57(70)54(49-66)76-64/h14-15,52-55,57-64,66-68,70-74H,3-13,16-51H2,1-2H3,(H,65,69)/b15-14-. The second kappa shape index (κ2) is 50.3. The Balaban J connectivity index is 1.39. The molecule has 2 saturated heterocycles. The molecule has 0 radical (unpaired) electrons. The van der Waals surface area contributed by atoms with Crippen molar-refractivity contribution >= 4 is 5.91 Å². The summed E-state index contributed by atoms with van der Waals surface area (Å²) in [4.78, 5) is 13.1. The van der Waals surface area contributed by atoms with E-state index in [2.05, 4.69) is 31.3 Å². The Kier molecular flexibility index (Phi) is 46.9. The van der Waals surface area contributed by atoms with E-state index in [1.807, 2.05) is 0 Å². The average molecular weight is 1110 g/mol. The van der Waals surface area contributed by atoms with Crippen molar-refractivity contribution < 1.29 is 64.6 Å². The van der Waals surface area contributed by atoms with Crippen molar-refractivity contribution in [3.63, 3.8) is 0 Å². The molecular weight excluding hydrogens is 991 g/mol. The molecule has 2 aliphatic heterocycles. The van der Waals surface area contributed by atoms with Crippen LogP contribution in [0.2, 0.25) is 0 Å². The molecule has 462 valence electrons. The van der Waals surface area contributed by atoms with Gasteiger partial charge in [-0.3, -0.25) is 4.79 Å². The fourth-order valence-electron chi connectivity index (χ4n) is 11.2. The van der Waals surface area contributed by atoms with E-state index in [0.29, 0.717) is 12.8 Å². The highest BCUT2D eigenvalue weighted by Gasteiger charge is 2.51. The van der Waals surface area contributed by atoms with E-state index in [1.54, 1.807) is 0 Å². The van der Waals surface area contributed by atoms with E-state index in [0.717, 1.165) is 44.9 Å². The third kappa shape index (κ3) is 35.0. The van der Waals surface area contributed by atoms with Crippen molar-refractivity contribution in [3.05, 3.63) is 12.2 Å². The van der Waals surface area contributed by atoms with Crippen LogP contribution in [0.1, 0.15) is 296 Å². The molecule has 0 aromatic carbocycles. The van der Waals surface area contributed by atoms with Crippen molar-refractivity contribution in [2.45, 2.75) is 370 Å². The van der Waals surface area contributed by atoms with Crippen molar-refractivity contribution in [2.75, 3.05) is 19.8 Å². The molecule has 2 heterocycles. The van der Waals surface area contributed by atoms with Crippen molar-refractivity contribution in [2.24, 2.45) is 0 Å². The van der Waals surface area contributed by atoms with E-state index in [1.165, 1.54) is 225 Å². The summed E-state index contributed by atoms with van der Waals surface area (Å²) in [6, 6.07) is -0.820. The molecule has 14 heteroatoms. The van der Waals surface area contributed by atoms with Gasteiger partial charge < -0.3 is 65.1 Å². The second-order valence-electron chi connectivity index (χ2n) is 23.6. The van der Waals surface area contributed by atoms with E-state index in [-0.39, 0.29) is 12.5 Å². The normalized spacial score (nSPS) is 24.5. The van der Waals surface area contributed by atoms with Crippen molar-refractivity contribution in [3.8, 4) is 0 Å². The van der Waals surface area contributed by atoms with Crippen LogP contribution in [0, 0.1) is 0 Å². The molecule has 0 saturated carbocycles. The lowest BCUT2D eigenvalue weighted by molar-refractivity contribution is -0.359. The number of hydrogen-bond acceptors (Lipinski definition) is 13. The Morgan fingerprint density at radius 3 is 1.22 bits per heavy atom. The van der Waals surface area contributed by atoms with Crippen LogP contribution in [0.15, 0.2) is 12.2 Å². The van der Waals surface area contributed by atoms with Gasteiger partial charge in [-0.05, 0) is 38.5 Å². The van der Waals surface area contributed by atoms with Gasteiger partial charge in [0, 0.05) is 6.42 Å². The third-order valence-corrected chi connectivity index (χ3v) is 16.5. The zero-order chi connectivity index (χ0) is 56.7. The van der Waals surface area contributed by atoms with E-state index in [4.69, 9.17) is 18.9 Å². The lowest BCUT2D eigenvalue weighted by Gasteiger charge is -2.46. The summed E-state index contributed by atoms with van der Waals surface area (Å²) in [6.45, 7) is 2.70. The maximum absolute atomic E-state index is 13.1. The second-order valence-corrected chi connectivity index (χ2v) is 23.6. The third-order valence-electron chi connectivity index (χ3n) is 16.5. The first-order chi connectivity index (χ1) is 38.1. The number of rotatable bonds is 54. The molecular formula is C64H123NO13. The highest BCUT2D eigenvalue weighted by atomic mass is 16.7. The number of aliphatic hydroxyl groups excluding tert-OH is 8. The molecule has 78 heavy (non-hydrogen) atoms. The number of carbonyl (C=O) groups is 1. The molecule has 2 fully saturated rings. The van der Waals surface area contributed by atoms with Crippen molar-refractivity contribution in [1.29, 1.82) is 0 Å². The number of carbonyl (C=O) groups excluding carboxylic acids is 1. The van der Waals surface area contributed by atoms with Gasteiger partial charge in [0.2, 0.25) is 5.91 Å². The van der Waals surface area contributed by atoms with E-state index < -0.39 is 86.8 Å². The average Bonchev–Trinajstić information content (AvgIpc) is 3.44. The quantitative estimate of drug-likeness (QED) is 0.0204. The Morgan fingerprint density at radius 2 is 0.808 bits per heavy atom. The van der Waals surface area contributed by atoms with Gasteiger partial charge in [-0.15, -0.1) is 0 Å². The minimum absolute atomic E-state index is 0.213. The molecule has 12 unspecified atom stereocenters. The smallest absolute Gasteiger partial charge is 0.220 e. The van der Waals surface area contributed by atoms with Gasteiger partial charge >= 0.3 is 0 Å². The predicted octanol–water partition coefficient (Wildman–Crippen LogP) is 12.2.